The van der Waals surface area contributed by atoms with Crippen LogP contribution in [0.1, 0.15) is 38.3 Å². The minimum Gasteiger partial charge on any atom is -0.294 e. The molecule has 1 aliphatic heterocycles. The van der Waals surface area contributed by atoms with Crippen LogP contribution in [0.25, 0.3) is 0 Å². The Hall–Kier alpha value is -0.890. The minimum atomic E-state index is 0.623. The maximum Gasteiger partial charge on any atom is 0.0352 e. The largest absolute Gasteiger partial charge is 0.294 e. The summed E-state index contributed by atoms with van der Waals surface area (Å²) < 4.78 is 0. The maximum absolute atomic E-state index is 4.07. The van der Waals surface area contributed by atoms with Crippen molar-refractivity contribution < 1.29 is 0 Å². The topological polar surface area (TPSA) is 16.1 Å². The van der Waals surface area contributed by atoms with Gasteiger partial charge in [0.15, 0.2) is 0 Å². The molecule has 2 rings (SSSR count). The van der Waals surface area contributed by atoms with Gasteiger partial charge in [-0.1, -0.05) is 0 Å². The first-order valence-electron chi connectivity index (χ1n) is 5.44. The van der Waals surface area contributed by atoms with Gasteiger partial charge in [0.05, 0.1) is 0 Å². The van der Waals surface area contributed by atoms with Crippen molar-refractivity contribution in [1.29, 1.82) is 0 Å². The summed E-state index contributed by atoms with van der Waals surface area (Å²) in [5.74, 6) is 0. The van der Waals surface area contributed by atoms with Gasteiger partial charge in [-0.25, -0.2) is 0 Å². The molecule has 1 aromatic heterocycles. The molecule has 14 heavy (non-hydrogen) atoms. The number of hydrogen-bond acceptors (Lipinski definition) is 2. The average molecular weight is 190 g/mol. The summed E-state index contributed by atoms with van der Waals surface area (Å²) in [4.78, 5) is 6.65. The van der Waals surface area contributed by atoms with E-state index in [0.717, 1.165) is 0 Å². The van der Waals surface area contributed by atoms with Crippen molar-refractivity contribution in [2.24, 2.45) is 0 Å². The lowest BCUT2D eigenvalue weighted by Gasteiger charge is -2.28. The summed E-state index contributed by atoms with van der Waals surface area (Å²) >= 11 is 0. The number of pyridine rings is 1. The summed E-state index contributed by atoms with van der Waals surface area (Å²) in [6, 6.07) is 5.56. The molecule has 0 radical (unpaired) electrons. The van der Waals surface area contributed by atoms with Crippen LogP contribution in [0.2, 0.25) is 0 Å². The lowest BCUT2D eigenvalue weighted by Crippen LogP contribution is -2.30. The molecular formula is C12H18N2. The monoisotopic (exact) mass is 190 g/mol. The van der Waals surface area contributed by atoms with Gasteiger partial charge >= 0.3 is 0 Å². The first-order valence-corrected chi connectivity index (χ1v) is 5.44. The molecule has 76 valence electrons. The quantitative estimate of drug-likeness (QED) is 0.712. The molecular weight excluding hydrogens is 172 g/mol. The van der Waals surface area contributed by atoms with Gasteiger partial charge < -0.3 is 0 Å². The van der Waals surface area contributed by atoms with Crippen molar-refractivity contribution in [3.05, 3.63) is 30.1 Å². The lowest BCUT2D eigenvalue weighted by molar-refractivity contribution is 0.205. The molecule has 2 nitrogen and oxygen atoms in total. The predicted molar refractivity (Wildman–Crippen MR) is 58.1 cm³/mol. The number of rotatable bonds is 2. The van der Waals surface area contributed by atoms with E-state index >= 15 is 0 Å². The van der Waals surface area contributed by atoms with Crippen LogP contribution in [0.4, 0.5) is 0 Å². The molecule has 0 bridgehead atoms. The van der Waals surface area contributed by atoms with Gasteiger partial charge in [-0.3, -0.25) is 9.88 Å². The number of aromatic nitrogens is 1. The number of likely N-dealkylation sites (tertiary alicyclic amines) is 1. The molecule has 0 spiro atoms. The second-order valence-corrected chi connectivity index (χ2v) is 4.27. The first kappa shape index (κ1) is 9.66. The highest BCUT2D eigenvalue weighted by molar-refractivity contribution is 5.16. The van der Waals surface area contributed by atoms with Gasteiger partial charge in [0, 0.05) is 24.5 Å². The fourth-order valence-electron chi connectivity index (χ4n) is 2.35. The summed E-state index contributed by atoms with van der Waals surface area (Å²) in [5.41, 5.74) is 1.42. The first-order chi connectivity index (χ1) is 6.79. The Morgan fingerprint density at radius 2 is 2.07 bits per heavy atom. The Morgan fingerprint density at radius 1 is 1.36 bits per heavy atom. The molecule has 1 aromatic rings. The van der Waals surface area contributed by atoms with Crippen molar-refractivity contribution >= 4 is 0 Å². The van der Waals surface area contributed by atoms with Crippen molar-refractivity contribution in [1.82, 2.24) is 9.88 Å². The Morgan fingerprint density at radius 3 is 2.71 bits per heavy atom. The highest BCUT2D eigenvalue weighted by Crippen LogP contribution is 2.32. The Balaban J connectivity index is 2.18. The lowest BCUT2D eigenvalue weighted by atomic mass is 10.1. The van der Waals surface area contributed by atoms with E-state index < -0.39 is 0 Å². The molecule has 1 aliphatic rings. The van der Waals surface area contributed by atoms with Crippen molar-refractivity contribution in [3.8, 4) is 0 Å². The average Bonchev–Trinajstić information content (AvgIpc) is 2.67. The van der Waals surface area contributed by atoms with Gasteiger partial charge in [-0.2, -0.15) is 0 Å². The van der Waals surface area contributed by atoms with Crippen LogP contribution < -0.4 is 0 Å². The molecule has 0 unspecified atom stereocenters. The molecule has 2 heteroatoms. The molecule has 0 N–H and O–H groups in total. The molecule has 2 heterocycles. The van der Waals surface area contributed by atoms with Crippen LogP contribution in [0, 0.1) is 0 Å². The highest BCUT2D eigenvalue weighted by Gasteiger charge is 2.27. The fraction of sp³-hybridized carbons (Fsp3) is 0.583. The third-order valence-electron chi connectivity index (χ3n) is 3.05. The zero-order valence-corrected chi connectivity index (χ0v) is 8.98. The molecule has 1 saturated heterocycles. The normalized spacial score (nSPS) is 23.2. The summed E-state index contributed by atoms with van der Waals surface area (Å²) in [6.45, 7) is 5.80. The fourth-order valence-corrected chi connectivity index (χ4v) is 2.35. The van der Waals surface area contributed by atoms with Crippen molar-refractivity contribution in [2.75, 3.05) is 6.54 Å². The van der Waals surface area contributed by atoms with Crippen LogP contribution in [0.3, 0.4) is 0 Å². The van der Waals surface area contributed by atoms with E-state index in [9.17, 15) is 0 Å². The van der Waals surface area contributed by atoms with Gasteiger partial charge in [0.2, 0.25) is 0 Å². The Labute approximate surface area is 86.0 Å². The number of hydrogen-bond donors (Lipinski definition) is 0. The van der Waals surface area contributed by atoms with Gasteiger partial charge in [0.25, 0.3) is 0 Å². The minimum absolute atomic E-state index is 0.623. The summed E-state index contributed by atoms with van der Waals surface area (Å²) in [5, 5.41) is 0. The third-order valence-corrected chi connectivity index (χ3v) is 3.05. The molecule has 1 fully saturated rings. The van der Waals surface area contributed by atoms with Crippen LogP contribution in [0.15, 0.2) is 24.5 Å². The standard InChI is InChI=1S/C12H18N2/c1-10(2)14-9-3-4-12(14)11-5-7-13-8-6-11/h5-8,10,12H,3-4,9H2,1-2H3/t12-/m0/s1. The van der Waals surface area contributed by atoms with Crippen LogP contribution >= 0.6 is 0 Å². The smallest absolute Gasteiger partial charge is 0.0352 e. The Kier molecular flexibility index (Phi) is 2.82. The molecule has 0 saturated carbocycles. The van der Waals surface area contributed by atoms with E-state index in [4.69, 9.17) is 0 Å². The van der Waals surface area contributed by atoms with Crippen LogP contribution in [0.5, 0.6) is 0 Å². The van der Waals surface area contributed by atoms with Crippen LogP contribution in [-0.4, -0.2) is 22.5 Å². The Bertz CT molecular complexity index is 282. The molecule has 0 aromatic carbocycles. The predicted octanol–water partition coefficient (Wildman–Crippen LogP) is 2.63. The van der Waals surface area contributed by atoms with E-state index in [1.807, 2.05) is 12.4 Å². The summed E-state index contributed by atoms with van der Waals surface area (Å²) in [6.07, 6.45) is 6.41. The van der Waals surface area contributed by atoms with E-state index in [2.05, 4.69) is 35.9 Å². The van der Waals surface area contributed by atoms with Crippen molar-refractivity contribution in [3.63, 3.8) is 0 Å². The van der Waals surface area contributed by atoms with Gasteiger partial charge in [-0.15, -0.1) is 0 Å². The zero-order valence-electron chi connectivity index (χ0n) is 8.98. The van der Waals surface area contributed by atoms with E-state index in [0.29, 0.717) is 12.1 Å². The van der Waals surface area contributed by atoms with E-state index in [-0.39, 0.29) is 0 Å². The van der Waals surface area contributed by atoms with Crippen LogP contribution in [-0.2, 0) is 0 Å². The molecule has 0 amide bonds. The van der Waals surface area contributed by atoms with Gasteiger partial charge in [-0.05, 0) is 50.9 Å². The SMILES string of the molecule is CC(C)N1CCC[C@H]1c1ccncc1. The second-order valence-electron chi connectivity index (χ2n) is 4.27. The molecule has 1 atom stereocenters. The number of nitrogens with zero attached hydrogens (tertiary/aromatic N) is 2. The zero-order chi connectivity index (χ0) is 9.97. The van der Waals surface area contributed by atoms with Crippen molar-refractivity contribution in [2.45, 2.75) is 38.8 Å². The summed E-state index contributed by atoms with van der Waals surface area (Å²) in [7, 11) is 0. The molecule has 0 aliphatic carbocycles. The van der Waals surface area contributed by atoms with Gasteiger partial charge in [0.1, 0.15) is 0 Å². The van der Waals surface area contributed by atoms with E-state index in [1.165, 1.54) is 24.9 Å². The second kappa shape index (κ2) is 4.09. The third kappa shape index (κ3) is 1.80. The maximum atomic E-state index is 4.07. The highest BCUT2D eigenvalue weighted by atomic mass is 15.2. The van der Waals surface area contributed by atoms with E-state index in [1.54, 1.807) is 0 Å².